The standard InChI is InChI=1S/C22H26Cl2N2O/c1-26(2)22(12-10-17(11-13-22)16-6-4-3-5-7-16)15-25-21(27)18-8-9-19(23)20(24)14-18/h3-9,14,17H,10-13,15H2,1-2H3,(H,25,27). The summed E-state index contributed by atoms with van der Waals surface area (Å²) in [5.41, 5.74) is 1.94. The molecule has 1 N–H and O–H groups in total. The summed E-state index contributed by atoms with van der Waals surface area (Å²) in [5.74, 6) is 0.491. The van der Waals surface area contributed by atoms with Crippen LogP contribution in [0.15, 0.2) is 48.5 Å². The van der Waals surface area contributed by atoms with Crippen molar-refractivity contribution in [1.29, 1.82) is 0 Å². The number of nitrogens with one attached hydrogen (secondary N) is 1. The summed E-state index contributed by atoms with van der Waals surface area (Å²) in [6.07, 6.45) is 4.37. The summed E-state index contributed by atoms with van der Waals surface area (Å²) in [7, 11) is 4.21. The second-order valence-corrected chi connectivity index (χ2v) is 8.43. The molecule has 27 heavy (non-hydrogen) atoms. The van der Waals surface area contributed by atoms with Gasteiger partial charge in [0.05, 0.1) is 10.0 Å². The lowest BCUT2D eigenvalue weighted by molar-refractivity contribution is 0.0769. The third kappa shape index (κ3) is 4.66. The lowest BCUT2D eigenvalue weighted by Gasteiger charge is -2.45. The van der Waals surface area contributed by atoms with Gasteiger partial charge in [-0.1, -0.05) is 53.5 Å². The molecule has 0 saturated heterocycles. The molecule has 0 atom stereocenters. The zero-order valence-electron chi connectivity index (χ0n) is 15.8. The smallest absolute Gasteiger partial charge is 0.251 e. The first kappa shape index (κ1) is 20.2. The number of benzene rings is 2. The molecular weight excluding hydrogens is 379 g/mol. The number of nitrogens with zero attached hydrogens (tertiary/aromatic N) is 1. The first-order chi connectivity index (χ1) is 12.9. The zero-order chi connectivity index (χ0) is 19.4. The van der Waals surface area contributed by atoms with Crippen molar-refractivity contribution in [3.05, 3.63) is 69.7 Å². The van der Waals surface area contributed by atoms with Gasteiger partial charge in [-0.15, -0.1) is 0 Å². The van der Waals surface area contributed by atoms with E-state index < -0.39 is 0 Å². The second-order valence-electron chi connectivity index (χ2n) is 7.62. The molecule has 3 nitrogen and oxygen atoms in total. The minimum atomic E-state index is -0.111. The fourth-order valence-electron chi connectivity index (χ4n) is 3.98. The maximum atomic E-state index is 12.6. The van der Waals surface area contributed by atoms with Crippen LogP contribution in [0, 0.1) is 0 Å². The minimum absolute atomic E-state index is 0.0167. The van der Waals surface area contributed by atoms with Crippen LogP contribution in [0.3, 0.4) is 0 Å². The molecule has 2 aromatic rings. The van der Waals surface area contributed by atoms with Gasteiger partial charge in [0.15, 0.2) is 0 Å². The molecule has 0 aliphatic heterocycles. The molecule has 0 unspecified atom stereocenters. The van der Waals surface area contributed by atoms with Crippen molar-refractivity contribution >= 4 is 29.1 Å². The van der Waals surface area contributed by atoms with Gasteiger partial charge >= 0.3 is 0 Å². The predicted molar refractivity (Wildman–Crippen MR) is 113 cm³/mol. The fraction of sp³-hybridized carbons (Fsp3) is 0.409. The van der Waals surface area contributed by atoms with E-state index in [1.807, 2.05) is 0 Å². The lowest BCUT2D eigenvalue weighted by atomic mass is 9.73. The van der Waals surface area contributed by atoms with Crippen LogP contribution in [0.5, 0.6) is 0 Å². The topological polar surface area (TPSA) is 32.3 Å². The van der Waals surface area contributed by atoms with Gasteiger partial charge in [-0.05, 0) is 69.5 Å². The molecule has 144 valence electrons. The van der Waals surface area contributed by atoms with E-state index >= 15 is 0 Å². The van der Waals surface area contributed by atoms with Crippen LogP contribution < -0.4 is 5.32 Å². The Bertz CT molecular complexity index is 784. The summed E-state index contributed by atoms with van der Waals surface area (Å²) >= 11 is 12.0. The van der Waals surface area contributed by atoms with Crippen molar-refractivity contribution in [2.45, 2.75) is 37.1 Å². The normalized spacial score (nSPS) is 22.6. The highest BCUT2D eigenvalue weighted by Gasteiger charge is 2.37. The van der Waals surface area contributed by atoms with Crippen LogP contribution >= 0.6 is 23.2 Å². The van der Waals surface area contributed by atoms with Gasteiger partial charge in [0.2, 0.25) is 0 Å². The third-order valence-corrected chi connectivity index (χ3v) is 6.63. The maximum absolute atomic E-state index is 12.6. The van der Waals surface area contributed by atoms with E-state index in [2.05, 4.69) is 54.6 Å². The molecule has 1 saturated carbocycles. The molecule has 0 radical (unpaired) electrons. The summed E-state index contributed by atoms with van der Waals surface area (Å²) in [6, 6.07) is 15.7. The van der Waals surface area contributed by atoms with Crippen LogP contribution in [-0.4, -0.2) is 37.0 Å². The van der Waals surface area contributed by atoms with Crippen molar-refractivity contribution in [2.24, 2.45) is 0 Å². The van der Waals surface area contributed by atoms with Crippen molar-refractivity contribution in [2.75, 3.05) is 20.6 Å². The molecule has 1 aliphatic rings. The maximum Gasteiger partial charge on any atom is 0.251 e. The second kappa shape index (κ2) is 8.64. The van der Waals surface area contributed by atoms with E-state index in [-0.39, 0.29) is 11.4 Å². The van der Waals surface area contributed by atoms with E-state index in [1.165, 1.54) is 5.56 Å². The van der Waals surface area contributed by atoms with E-state index in [0.717, 1.165) is 25.7 Å². The molecule has 3 rings (SSSR count). The van der Waals surface area contributed by atoms with E-state index in [0.29, 0.717) is 28.1 Å². The van der Waals surface area contributed by atoms with Gasteiger partial charge < -0.3 is 10.2 Å². The molecule has 1 amide bonds. The molecule has 1 fully saturated rings. The summed E-state index contributed by atoms with van der Waals surface area (Å²) in [6.45, 7) is 0.626. The van der Waals surface area contributed by atoms with E-state index in [9.17, 15) is 4.79 Å². The molecule has 2 aromatic carbocycles. The third-order valence-electron chi connectivity index (χ3n) is 5.90. The lowest BCUT2D eigenvalue weighted by Crippen LogP contribution is -2.54. The molecular formula is C22H26Cl2N2O. The average Bonchev–Trinajstić information content (AvgIpc) is 2.69. The summed E-state index contributed by atoms with van der Waals surface area (Å²) in [5, 5.41) is 3.96. The van der Waals surface area contributed by atoms with Crippen LogP contribution in [0.1, 0.15) is 47.5 Å². The molecule has 0 heterocycles. The van der Waals surface area contributed by atoms with E-state index in [4.69, 9.17) is 23.2 Å². The first-order valence-electron chi connectivity index (χ1n) is 9.37. The first-order valence-corrected chi connectivity index (χ1v) is 10.1. The van der Waals surface area contributed by atoms with Crippen LogP contribution in [0.2, 0.25) is 10.0 Å². The minimum Gasteiger partial charge on any atom is -0.350 e. The SMILES string of the molecule is CN(C)C1(CNC(=O)c2ccc(Cl)c(Cl)c2)CCC(c2ccccc2)CC1. The Hall–Kier alpha value is -1.55. The highest BCUT2D eigenvalue weighted by Crippen LogP contribution is 2.40. The van der Waals surface area contributed by atoms with Crippen molar-refractivity contribution in [1.82, 2.24) is 10.2 Å². The largest absolute Gasteiger partial charge is 0.350 e. The molecule has 0 spiro atoms. The van der Waals surface area contributed by atoms with Gasteiger partial charge in [-0.25, -0.2) is 0 Å². The van der Waals surface area contributed by atoms with Gasteiger partial charge in [-0.2, -0.15) is 0 Å². The number of amides is 1. The number of hydrogen-bond acceptors (Lipinski definition) is 2. The Balaban J connectivity index is 1.64. The van der Waals surface area contributed by atoms with E-state index in [1.54, 1.807) is 18.2 Å². The Kier molecular flexibility index (Phi) is 6.46. The summed E-state index contributed by atoms with van der Waals surface area (Å²) < 4.78 is 0. The molecule has 0 aromatic heterocycles. The van der Waals surface area contributed by atoms with Gasteiger partial charge in [0, 0.05) is 17.6 Å². The van der Waals surface area contributed by atoms with Gasteiger partial charge in [-0.3, -0.25) is 4.79 Å². The molecule has 5 heteroatoms. The quantitative estimate of drug-likeness (QED) is 0.724. The van der Waals surface area contributed by atoms with Gasteiger partial charge in [0.1, 0.15) is 0 Å². The number of carbonyl (C=O) groups excluding carboxylic acids is 1. The Labute approximate surface area is 171 Å². The van der Waals surface area contributed by atoms with Gasteiger partial charge in [0.25, 0.3) is 5.91 Å². The number of likely N-dealkylation sites (N-methyl/N-ethyl adjacent to an activating group) is 1. The fourth-order valence-corrected chi connectivity index (χ4v) is 4.28. The Morgan fingerprint density at radius 2 is 1.74 bits per heavy atom. The number of hydrogen-bond donors (Lipinski definition) is 1. The van der Waals surface area contributed by atoms with Crippen molar-refractivity contribution in [3.8, 4) is 0 Å². The van der Waals surface area contributed by atoms with Crippen LogP contribution in [0.25, 0.3) is 0 Å². The highest BCUT2D eigenvalue weighted by atomic mass is 35.5. The van der Waals surface area contributed by atoms with Crippen molar-refractivity contribution in [3.63, 3.8) is 0 Å². The summed E-state index contributed by atoms with van der Waals surface area (Å²) in [4.78, 5) is 14.8. The Morgan fingerprint density at radius 3 is 2.33 bits per heavy atom. The van der Waals surface area contributed by atoms with Crippen molar-refractivity contribution < 1.29 is 4.79 Å². The van der Waals surface area contributed by atoms with Crippen LogP contribution in [-0.2, 0) is 0 Å². The Morgan fingerprint density at radius 1 is 1.07 bits per heavy atom. The molecule has 0 bridgehead atoms. The predicted octanol–water partition coefficient (Wildman–Crippen LogP) is 5.38. The highest BCUT2D eigenvalue weighted by molar-refractivity contribution is 6.42. The number of carbonyl (C=O) groups is 1. The monoisotopic (exact) mass is 404 g/mol. The zero-order valence-corrected chi connectivity index (χ0v) is 17.4. The van der Waals surface area contributed by atoms with Crippen LogP contribution in [0.4, 0.5) is 0 Å². The number of halogens is 2. The molecule has 1 aliphatic carbocycles. The average molecular weight is 405 g/mol. The number of rotatable bonds is 5.